The predicted octanol–water partition coefficient (Wildman–Crippen LogP) is 3.13. The molecule has 458 valence electrons. The van der Waals surface area contributed by atoms with E-state index in [1.165, 1.54) is 64.6 Å². The maximum Gasteiger partial charge on any atom is 0.360 e. The third-order valence-corrected chi connectivity index (χ3v) is 18.7. The number of piperidine rings is 1. The summed E-state index contributed by atoms with van der Waals surface area (Å²) in [7, 11) is -9.54. The number of aliphatic hydroxyl groups is 1. The van der Waals surface area contributed by atoms with Crippen molar-refractivity contribution in [1.29, 1.82) is 0 Å². The van der Waals surface area contributed by atoms with Crippen LogP contribution >= 0.6 is 15.2 Å². The lowest BCUT2D eigenvalue weighted by atomic mass is 9.78. The topological polar surface area (TPSA) is 400 Å². The Hall–Kier alpha value is -6.28. The lowest BCUT2D eigenvalue weighted by Gasteiger charge is -2.39. The van der Waals surface area contributed by atoms with Crippen LogP contribution in [0.4, 0.5) is 10.5 Å². The van der Waals surface area contributed by atoms with Gasteiger partial charge in [0.2, 0.25) is 11.4 Å². The maximum absolute atomic E-state index is 14.9. The number of carbonyl (C=O) groups is 6. The molecule has 4 aliphatic rings. The summed E-state index contributed by atoms with van der Waals surface area (Å²) in [6, 6.07) is -1.33. The molecule has 2 aromatic rings. The number of carbonyl (C=O) groups excluding carboxylic acids is 6. The van der Waals surface area contributed by atoms with Crippen molar-refractivity contribution in [3.8, 4) is 17.2 Å². The SMILES string of the molecule is CO[C@H]1/C=C/O[C@@]2(C)Oc3c(C)c(O)c4c(O)c(c5c(c4c3C2=O)NC2(CCN(CC(C)C)CC2)N=5)=NC(=O)/C(C)=C\C=C\[C@H](C)[C@H](OC(=O)CNC(=O)CCCNC(=O)NC(P(=O)(O)O)P(=O)(O)O)[C@@H](C)[C@@H](O)[C@@H](C)[C@H](OC(C)=O)[C@@H]1C. The lowest BCUT2D eigenvalue weighted by Crippen LogP contribution is -2.48. The summed E-state index contributed by atoms with van der Waals surface area (Å²) in [6.07, 6.45) is 3.22. The first-order valence-corrected chi connectivity index (χ1v) is 30.5. The molecule has 27 nitrogen and oxygen atoms in total. The summed E-state index contributed by atoms with van der Waals surface area (Å²) in [4.78, 5) is 129. The van der Waals surface area contributed by atoms with Gasteiger partial charge in [0.1, 0.15) is 46.6 Å². The van der Waals surface area contributed by atoms with Crippen LogP contribution in [-0.2, 0) is 47.3 Å². The van der Waals surface area contributed by atoms with Gasteiger partial charge in [0.05, 0.1) is 35.1 Å². The Morgan fingerprint density at radius 3 is 2.14 bits per heavy atom. The van der Waals surface area contributed by atoms with E-state index < -0.39 is 134 Å². The number of phenols is 2. The average molecular weight is 1210 g/mol. The fourth-order valence-electron chi connectivity index (χ4n) is 10.9. The summed E-state index contributed by atoms with van der Waals surface area (Å²) in [6.45, 7) is 17.6. The number of ketones is 1. The number of fused-ring (bicyclic) bond motifs is 1. The van der Waals surface area contributed by atoms with Gasteiger partial charge >= 0.3 is 38.9 Å². The predicted molar refractivity (Wildman–Crippen MR) is 298 cm³/mol. The first-order valence-electron chi connectivity index (χ1n) is 27.1. The smallest absolute Gasteiger partial charge is 0.360 e. The number of Topliss-reactive ketones (excluding diaryl/α,β-unsaturated/α-hetero) is 1. The highest BCUT2D eigenvalue weighted by Gasteiger charge is 2.51. The molecule has 29 heteroatoms. The third-order valence-electron chi connectivity index (χ3n) is 15.3. The highest BCUT2D eigenvalue weighted by atomic mass is 31.2. The van der Waals surface area contributed by atoms with Gasteiger partial charge in [0.15, 0.2) is 5.75 Å². The number of urea groups is 1. The monoisotopic (exact) mass is 1210 g/mol. The number of nitrogens with zero attached hydrogens (tertiary/aromatic N) is 3. The molecule has 9 atom stereocenters. The van der Waals surface area contributed by atoms with Crippen molar-refractivity contribution < 1.29 is 96.5 Å². The Kier molecular flexibility index (Phi) is 20.9. The molecule has 0 saturated carbocycles. The molecular formula is C54H77N7O20P2. The highest BCUT2D eigenvalue weighted by molar-refractivity contribution is 7.70. The van der Waals surface area contributed by atoms with Crippen molar-refractivity contribution in [2.24, 2.45) is 39.6 Å². The fourth-order valence-corrected chi connectivity index (χ4v) is 13.0. The van der Waals surface area contributed by atoms with E-state index in [0.717, 1.165) is 6.54 Å². The van der Waals surface area contributed by atoms with Gasteiger partial charge in [-0.1, -0.05) is 59.8 Å². The van der Waals surface area contributed by atoms with Crippen LogP contribution in [0.15, 0.2) is 46.1 Å². The fraction of sp³-hybridized carbons (Fsp3) is 0.593. The van der Waals surface area contributed by atoms with Crippen LogP contribution in [0.25, 0.3) is 10.8 Å². The van der Waals surface area contributed by atoms with Crippen molar-refractivity contribution >= 4 is 67.2 Å². The minimum absolute atomic E-state index is 0.0172. The summed E-state index contributed by atoms with van der Waals surface area (Å²) < 4.78 is 53.2. The Labute approximate surface area is 479 Å². The number of ether oxygens (including phenoxy) is 5. The number of nitrogens with one attached hydrogen (secondary N) is 4. The van der Waals surface area contributed by atoms with E-state index >= 15 is 0 Å². The number of rotatable bonds is 14. The van der Waals surface area contributed by atoms with Crippen LogP contribution < -0.4 is 36.7 Å². The molecule has 4 amide bonds. The minimum Gasteiger partial charge on any atom is -0.507 e. The van der Waals surface area contributed by atoms with Gasteiger partial charge in [0, 0.05) is 107 Å². The number of methoxy groups -OCH3 is 1. The van der Waals surface area contributed by atoms with E-state index in [0.29, 0.717) is 31.8 Å². The standard InChI is InChI=1S/C54H77N7O20P2/c1-26(2)25-61-21-18-54(19-22-61)59-40-37-38-44(66)32(8)48-39(37)49(68)53(10,81-48)78-23-17-34(77-11)29(5)47(79-33(9)62)31(7)43(65)30(6)46(27(3)14-12-15-28(4)50(69)57-42(45(38)67)41(40)60-54)80-36(64)24-56-35(63)16-13-20-55-51(70)58-52(82(71,72)73)83(74,75)76/h12,14-15,17,23,26-27,29-31,34,43,46-47,52,59,65-67H,13,16,18-22,24-25H2,1-11H3,(H,56,63)(H2,55,58,70)(H2,71,72,73)(H2,74,75,76)/b14-12+,23-17+,28-15-,57-42?/t27-,29+,30-,31+,34-,43+,46-,47+,53-/m0/s1. The first kappa shape index (κ1) is 65.9. The third kappa shape index (κ3) is 15.0. The Morgan fingerprint density at radius 2 is 1.54 bits per heavy atom. The van der Waals surface area contributed by atoms with E-state index in [9.17, 15) is 72.8 Å². The summed E-state index contributed by atoms with van der Waals surface area (Å²) in [5.74, 6) is -9.95. The molecule has 4 bridgehead atoms. The number of aromatic hydroxyl groups is 2. The second-order valence-electron chi connectivity index (χ2n) is 22.3. The van der Waals surface area contributed by atoms with Gasteiger partial charge < -0.3 is 84.7 Å². The molecule has 0 aliphatic carbocycles. The quantitative estimate of drug-likeness (QED) is 0.0560. The molecule has 11 N–H and O–H groups in total. The second-order valence-corrected chi connectivity index (χ2v) is 26.1. The number of amides is 4. The van der Waals surface area contributed by atoms with Crippen LogP contribution in [0.1, 0.15) is 104 Å². The molecule has 0 unspecified atom stereocenters. The number of aliphatic hydroxyl groups excluding tert-OH is 1. The molecule has 0 aromatic heterocycles. The number of allylic oxidation sites excluding steroid dienone is 2. The van der Waals surface area contributed by atoms with Gasteiger partial charge in [-0.15, -0.1) is 0 Å². The lowest BCUT2D eigenvalue weighted by molar-refractivity contribution is -0.165. The van der Waals surface area contributed by atoms with Gasteiger partial charge in [-0.3, -0.25) is 38.1 Å². The van der Waals surface area contributed by atoms with Gasteiger partial charge in [-0.2, -0.15) is 0 Å². The van der Waals surface area contributed by atoms with Crippen LogP contribution in [0, 0.1) is 36.5 Å². The van der Waals surface area contributed by atoms with Crippen LogP contribution in [0.3, 0.4) is 0 Å². The number of likely N-dealkylation sites (tertiary alicyclic amines) is 1. The molecule has 6 rings (SSSR count). The average Bonchev–Trinajstić information content (AvgIpc) is 2.13. The zero-order valence-electron chi connectivity index (χ0n) is 48.2. The van der Waals surface area contributed by atoms with Crippen molar-refractivity contribution in [3.05, 3.63) is 58.0 Å². The molecule has 1 spiro atoms. The van der Waals surface area contributed by atoms with Crippen molar-refractivity contribution in [1.82, 2.24) is 20.9 Å². The summed E-state index contributed by atoms with van der Waals surface area (Å²) in [5.41, 5.74) is -3.38. The zero-order valence-corrected chi connectivity index (χ0v) is 50.0. The summed E-state index contributed by atoms with van der Waals surface area (Å²) >= 11 is 0. The Bertz CT molecular complexity index is 3160. The Balaban J connectivity index is 1.37. The molecule has 1 saturated heterocycles. The van der Waals surface area contributed by atoms with E-state index in [1.54, 1.807) is 33.8 Å². The highest BCUT2D eigenvalue weighted by Crippen LogP contribution is 2.58. The van der Waals surface area contributed by atoms with Crippen molar-refractivity contribution in [2.45, 2.75) is 136 Å². The number of phenolic OH excluding ortho intramolecular Hbond substituents is 2. The van der Waals surface area contributed by atoms with Crippen LogP contribution in [0.2, 0.25) is 0 Å². The number of esters is 2. The molecule has 2 aromatic carbocycles. The number of anilines is 1. The molecule has 1 fully saturated rings. The molecule has 4 heterocycles. The summed E-state index contributed by atoms with van der Waals surface area (Å²) in [5, 5.41) is 45.7. The van der Waals surface area contributed by atoms with Crippen molar-refractivity contribution in [2.75, 3.05) is 45.2 Å². The largest absolute Gasteiger partial charge is 0.507 e. The van der Waals surface area contributed by atoms with E-state index in [2.05, 4.69) is 39.7 Å². The minimum atomic E-state index is -5.47. The first-order chi connectivity index (χ1) is 38.6. The second kappa shape index (κ2) is 26.3. The number of benzene rings is 2. The van der Waals surface area contributed by atoms with Crippen molar-refractivity contribution in [3.63, 3.8) is 0 Å². The zero-order chi connectivity index (χ0) is 61.8. The van der Waals surface area contributed by atoms with E-state index in [-0.39, 0.29) is 69.0 Å². The number of hydrogen-bond donors (Lipinski definition) is 11. The van der Waals surface area contributed by atoms with Crippen LogP contribution in [-0.4, -0.2) is 157 Å². The van der Waals surface area contributed by atoms with E-state index in [4.69, 9.17) is 28.7 Å². The molecule has 83 heavy (non-hydrogen) atoms. The molecule has 4 aliphatic heterocycles. The molecular weight excluding hydrogens is 1130 g/mol. The van der Waals surface area contributed by atoms with Gasteiger partial charge in [-0.05, 0) is 32.3 Å². The number of hydrogen-bond acceptors (Lipinski definition) is 19. The van der Waals surface area contributed by atoms with E-state index in [1.807, 2.05) is 0 Å². The normalized spacial score (nSPS) is 27.3. The Morgan fingerprint density at radius 1 is 0.904 bits per heavy atom. The van der Waals surface area contributed by atoms with Crippen LogP contribution in [0.5, 0.6) is 17.2 Å². The molecule has 0 radical (unpaired) electrons. The maximum atomic E-state index is 14.9. The van der Waals surface area contributed by atoms with Gasteiger partial charge in [-0.25, -0.2) is 9.79 Å². The van der Waals surface area contributed by atoms with Gasteiger partial charge in [0.25, 0.3) is 11.7 Å².